The van der Waals surface area contributed by atoms with Gasteiger partial charge in [-0.1, -0.05) is 31.2 Å². The van der Waals surface area contributed by atoms with Crippen molar-refractivity contribution < 1.29 is 0 Å². The first-order chi connectivity index (χ1) is 5.54. The second kappa shape index (κ2) is 2.25. The predicted octanol–water partition coefficient (Wildman–Crippen LogP) is 3.55. The van der Waals surface area contributed by atoms with E-state index < -0.39 is 0 Å². The molecule has 2 aliphatic rings. The highest BCUT2D eigenvalue weighted by Gasteiger charge is 2.55. The largest absolute Gasteiger partial charge is 0.0998 e. The van der Waals surface area contributed by atoms with Gasteiger partial charge in [0.15, 0.2) is 0 Å². The molecule has 0 nitrogen and oxygen atoms in total. The van der Waals surface area contributed by atoms with E-state index in [0.29, 0.717) is 5.41 Å². The van der Waals surface area contributed by atoms with Gasteiger partial charge in [-0.25, -0.2) is 0 Å². The van der Waals surface area contributed by atoms with Crippen molar-refractivity contribution in [3.05, 3.63) is 24.3 Å². The minimum absolute atomic E-state index is 0.534. The molecule has 3 atom stereocenters. The van der Waals surface area contributed by atoms with Crippen LogP contribution in [0, 0.1) is 17.3 Å². The van der Waals surface area contributed by atoms with Crippen LogP contribution in [0.25, 0.3) is 0 Å². The molecule has 0 bridgehead atoms. The Balaban J connectivity index is 2.12. The van der Waals surface area contributed by atoms with E-state index in [4.69, 9.17) is 0 Å². The normalized spacial score (nSPS) is 45.3. The Kier molecular flexibility index (Phi) is 1.51. The van der Waals surface area contributed by atoms with Crippen molar-refractivity contribution in [3.8, 4) is 0 Å². The van der Waals surface area contributed by atoms with E-state index in [1.807, 2.05) is 0 Å². The van der Waals surface area contributed by atoms with E-state index in [1.54, 1.807) is 0 Å². The monoisotopic (exact) mass is 162 g/mol. The number of rotatable bonds is 1. The summed E-state index contributed by atoms with van der Waals surface area (Å²) in [6, 6.07) is 0. The van der Waals surface area contributed by atoms with E-state index in [0.717, 1.165) is 11.8 Å². The van der Waals surface area contributed by atoms with Crippen LogP contribution in [0.4, 0.5) is 0 Å². The number of allylic oxidation sites excluding steroid dienone is 2. The summed E-state index contributed by atoms with van der Waals surface area (Å²) in [5, 5.41) is 0. The molecule has 0 aliphatic heterocycles. The topological polar surface area (TPSA) is 0 Å². The molecule has 0 heteroatoms. The second-order valence-electron chi connectivity index (χ2n) is 4.91. The van der Waals surface area contributed by atoms with Crippen LogP contribution in [0.1, 0.15) is 33.1 Å². The van der Waals surface area contributed by atoms with Crippen LogP contribution in [0.2, 0.25) is 0 Å². The van der Waals surface area contributed by atoms with E-state index in [-0.39, 0.29) is 0 Å². The highest BCUT2D eigenvalue weighted by molar-refractivity contribution is 5.27. The summed E-state index contributed by atoms with van der Waals surface area (Å²) in [7, 11) is 0. The number of fused-ring (bicyclic) bond motifs is 1. The maximum atomic E-state index is 4.20. The third-order valence-electron chi connectivity index (χ3n) is 3.98. The highest BCUT2D eigenvalue weighted by atomic mass is 14.6. The lowest BCUT2D eigenvalue weighted by molar-refractivity contribution is 0.392. The Hall–Kier alpha value is -0.520. The van der Waals surface area contributed by atoms with Crippen LogP contribution in [-0.4, -0.2) is 0 Å². The lowest BCUT2D eigenvalue weighted by atomic mass is 9.77. The third kappa shape index (κ3) is 0.972. The van der Waals surface area contributed by atoms with Crippen molar-refractivity contribution in [1.29, 1.82) is 0 Å². The van der Waals surface area contributed by atoms with Gasteiger partial charge in [0.05, 0.1) is 0 Å². The Bertz CT molecular complexity index is 249. The Morgan fingerprint density at radius 3 is 2.75 bits per heavy atom. The van der Waals surface area contributed by atoms with Gasteiger partial charge in [0, 0.05) is 0 Å². The molecular weight excluding hydrogens is 144 g/mol. The van der Waals surface area contributed by atoms with Crippen LogP contribution >= 0.6 is 0 Å². The maximum absolute atomic E-state index is 4.20. The highest BCUT2D eigenvalue weighted by Crippen LogP contribution is 2.64. The van der Waals surface area contributed by atoms with Crippen LogP contribution < -0.4 is 0 Å². The number of hydrogen-bond acceptors (Lipinski definition) is 0. The molecule has 0 radical (unpaired) electrons. The van der Waals surface area contributed by atoms with Gasteiger partial charge >= 0.3 is 0 Å². The zero-order chi connectivity index (χ0) is 8.93. The van der Waals surface area contributed by atoms with Crippen LogP contribution in [-0.2, 0) is 0 Å². The SMILES string of the molecule is C=C(C)C1CC(=C)C2(C)CC2C1. The first kappa shape index (κ1) is 8.10. The van der Waals surface area contributed by atoms with Gasteiger partial charge in [-0.05, 0) is 43.4 Å². The molecule has 0 amide bonds. The summed E-state index contributed by atoms with van der Waals surface area (Å²) in [5.74, 6) is 1.67. The minimum atomic E-state index is 0.534. The molecule has 2 fully saturated rings. The summed E-state index contributed by atoms with van der Waals surface area (Å²) in [4.78, 5) is 0. The van der Waals surface area contributed by atoms with Crippen molar-refractivity contribution in [2.45, 2.75) is 33.1 Å². The molecule has 0 heterocycles. The molecule has 0 spiro atoms. The molecule has 2 rings (SSSR count). The molecule has 0 aromatic heterocycles. The van der Waals surface area contributed by atoms with E-state index in [1.165, 1.54) is 30.4 Å². The average molecular weight is 162 g/mol. The smallest absolute Gasteiger partial charge is 0.00871 e. The second-order valence-corrected chi connectivity index (χ2v) is 4.91. The Morgan fingerprint density at radius 1 is 1.58 bits per heavy atom. The predicted molar refractivity (Wildman–Crippen MR) is 52.9 cm³/mol. The zero-order valence-corrected chi connectivity index (χ0v) is 8.19. The van der Waals surface area contributed by atoms with Gasteiger partial charge in [0.25, 0.3) is 0 Å². The minimum Gasteiger partial charge on any atom is -0.0998 e. The van der Waals surface area contributed by atoms with Crippen LogP contribution in [0.15, 0.2) is 24.3 Å². The lowest BCUT2D eigenvalue weighted by Gasteiger charge is -2.28. The van der Waals surface area contributed by atoms with Crippen molar-refractivity contribution in [1.82, 2.24) is 0 Å². The van der Waals surface area contributed by atoms with Gasteiger partial charge in [-0.3, -0.25) is 0 Å². The summed E-state index contributed by atoms with van der Waals surface area (Å²) in [6.45, 7) is 12.8. The molecule has 66 valence electrons. The Labute approximate surface area is 75.4 Å². The molecular formula is C12H18. The molecule has 3 unspecified atom stereocenters. The summed E-state index contributed by atoms with van der Waals surface area (Å²) in [6.07, 6.45) is 3.95. The van der Waals surface area contributed by atoms with Gasteiger partial charge in [-0.15, -0.1) is 0 Å². The molecule has 2 aliphatic carbocycles. The summed E-state index contributed by atoms with van der Waals surface area (Å²) >= 11 is 0. The van der Waals surface area contributed by atoms with Crippen molar-refractivity contribution in [3.63, 3.8) is 0 Å². The summed E-state index contributed by atoms with van der Waals surface area (Å²) < 4.78 is 0. The Morgan fingerprint density at radius 2 is 2.25 bits per heavy atom. The van der Waals surface area contributed by atoms with Gasteiger partial charge in [-0.2, -0.15) is 0 Å². The van der Waals surface area contributed by atoms with Crippen molar-refractivity contribution >= 4 is 0 Å². The van der Waals surface area contributed by atoms with Gasteiger partial charge < -0.3 is 0 Å². The van der Waals surface area contributed by atoms with E-state index >= 15 is 0 Å². The maximum Gasteiger partial charge on any atom is -0.00871 e. The zero-order valence-electron chi connectivity index (χ0n) is 8.19. The summed E-state index contributed by atoms with van der Waals surface area (Å²) in [5.41, 5.74) is 3.36. The standard InChI is InChI=1S/C12H18/c1-8(2)10-5-9(3)12(4)7-11(12)6-10/h10-11H,1,3,5-7H2,2,4H3. The average Bonchev–Trinajstić information content (AvgIpc) is 2.62. The quantitative estimate of drug-likeness (QED) is 0.517. The fraction of sp³-hybridized carbons (Fsp3) is 0.667. The van der Waals surface area contributed by atoms with Crippen LogP contribution in [0.3, 0.4) is 0 Å². The fourth-order valence-corrected chi connectivity index (χ4v) is 2.56. The lowest BCUT2D eigenvalue weighted by Crippen LogP contribution is -2.16. The molecule has 0 saturated heterocycles. The molecule has 0 aromatic rings. The molecule has 12 heavy (non-hydrogen) atoms. The van der Waals surface area contributed by atoms with Gasteiger partial charge in [0.1, 0.15) is 0 Å². The van der Waals surface area contributed by atoms with Crippen LogP contribution in [0.5, 0.6) is 0 Å². The molecule has 0 aromatic carbocycles. The third-order valence-corrected chi connectivity index (χ3v) is 3.98. The number of hydrogen-bond donors (Lipinski definition) is 0. The first-order valence-corrected chi connectivity index (χ1v) is 4.87. The first-order valence-electron chi connectivity index (χ1n) is 4.87. The van der Waals surface area contributed by atoms with E-state index in [9.17, 15) is 0 Å². The van der Waals surface area contributed by atoms with Crippen molar-refractivity contribution in [2.75, 3.05) is 0 Å². The fourth-order valence-electron chi connectivity index (χ4n) is 2.56. The van der Waals surface area contributed by atoms with Crippen molar-refractivity contribution in [2.24, 2.45) is 17.3 Å². The molecule has 0 N–H and O–H groups in total. The van der Waals surface area contributed by atoms with E-state index in [2.05, 4.69) is 27.0 Å². The van der Waals surface area contributed by atoms with Gasteiger partial charge in [0.2, 0.25) is 0 Å². The molecule has 2 saturated carbocycles.